The lowest BCUT2D eigenvalue weighted by atomic mass is 9.97. The number of aromatic nitrogens is 2. The van der Waals surface area contributed by atoms with Crippen LogP contribution in [0.4, 0.5) is 16.0 Å². The Morgan fingerprint density at radius 3 is 2.23 bits per heavy atom. The first-order chi connectivity index (χ1) is 18.3. The second-order valence-electron chi connectivity index (χ2n) is 9.22. The van der Waals surface area contributed by atoms with Gasteiger partial charge in [-0.2, -0.15) is 0 Å². The van der Waals surface area contributed by atoms with Crippen molar-refractivity contribution in [3.8, 4) is 0 Å². The molecule has 0 bridgehead atoms. The molecule has 4 rings (SSSR count). The summed E-state index contributed by atoms with van der Waals surface area (Å²) < 4.78 is 68.7. The number of nitrogens with zero attached hydrogens (tertiary/aromatic N) is 3. The summed E-state index contributed by atoms with van der Waals surface area (Å²) in [5, 5.41) is 2.79. The Kier molecular flexibility index (Phi) is 8.54. The monoisotopic (exact) mass is 595 g/mol. The number of carbonyl (C=O) groups excluding carboxylic acids is 1. The SMILES string of the molecule is Cc1cc(C)nc(NS(=O)(=O)c2ccc(NC(=O)C3CCN(S(=O)(=O)Cc4c(F)cccc4Cl)CC3)cc2)n1. The number of piperidine rings is 1. The van der Waals surface area contributed by atoms with Gasteiger partial charge in [0, 0.05) is 46.7 Å². The number of benzene rings is 2. The molecule has 1 fully saturated rings. The standard InChI is InChI=1S/C25H27ClFN5O5S2/c1-16-14-17(2)29-25(28-16)31-39(36,37)20-8-6-19(7-9-20)30-24(33)18-10-12-32(13-11-18)38(34,35)15-21-22(26)4-3-5-23(21)27/h3-9,14,18H,10-13,15H2,1-2H3,(H,30,33)(H,28,29,31). The van der Waals surface area contributed by atoms with Gasteiger partial charge in [-0.1, -0.05) is 17.7 Å². The van der Waals surface area contributed by atoms with E-state index in [9.17, 15) is 26.0 Å². The molecule has 0 saturated carbocycles. The van der Waals surface area contributed by atoms with Crippen molar-refractivity contribution in [3.05, 3.63) is 76.3 Å². The van der Waals surface area contributed by atoms with E-state index in [4.69, 9.17) is 11.6 Å². The van der Waals surface area contributed by atoms with Gasteiger partial charge in [-0.3, -0.25) is 4.79 Å². The normalized spacial score (nSPS) is 15.2. The fourth-order valence-electron chi connectivity index (χ4n) is 4.25. The van der Waals surface area contributed by atoms with E-state index < -0.39 is 37.5 Å². The summed E-state index contributed by atoms with van der Waals surface area (Å²) in [6, 6.07) is 11.4. The Balaban J connectivity index is 1.33. The van der Waals surface area contributed by atoms with E-state index in [1.54, 1.807) is 19.9 Å². The van der Waals surface area contributed by atoms with Gasteiger partial charge in [0.15, 0.2) is 0 Å². The van der Waals surface area contributed by atoms with Gasteiger partial charge < -0.3 is 5.32 Å². The Bertz CT molecular complexity index is 1550. The molecule has 1 aromatic heterocycles. The summed E-state index contributed by atoms with van der Waals surface area (Å²) in [4.78, 5) is 20.9. The summed E-state index contributed by atoms with van der Waals surface area (Å²) in [6.07, 6.45) is 0.560. The van der Waals surface area contributed by atoms with Crippen LogP contribution >= 0.6 is 11.6 Å². The molecule has 10 nitrogen and oxygen atoms in total. The van der Waals surface area contributed by atoms with Crippen molar-refractivity contribution in [2.45, 2.75) is 37.3 Å². The Hall–Kier alpha value is -3.13. The van der Waals surface area contributed by atoms with Crippen molar-refractivity contribution >= 4 is 49.2 Å². The molecule has 1 aliphatic rings. The third-order valence-electron chi connectivity index (χ3n) is 6.25. The zero-order valence-electron chi connectivity index (χ0n) is 21.2. The average molecular weight is 596 g/mol. The molecule has 1 aliphatic heterocycles. The maximum Gasteiger partial charge on any atom is 0.264 e. The highest BCUT2D eigenvalue weighted by atomic mass is 35.5. The van der Waals surface area contributed by atoms with Crippen molar-refractivity contribution in [2.75, 3.05) is 23.1 Å². The molecule has 2 N–H and O–H groups in total. The highest BCUT2D eigenvalue weighted by Crippen LogP contribution is 2.27. The number of nitrogens with one attached hydrogen (secondary N) is 2. The van der Waals surface area contributed by atoms with Crippen LogP contribution in [0.2, 0.25) is 5.02 Å². The van der Waals surface area contributed by atoms with Crippen molar-refractivity contribution in [1.82, 2.24) is 14.3 Å². The molecular weight excluding hydrogens is 569 g/mol. The number of aryl methyl sites for hydroxylation is 2. The van der Waals surface area contributed by atoms with E-state index in [-0.39, 0.29) is 53.3 Å². The summed E-state index contributed by atoms with van der Waals surface area (Å²) in [5.41, 5.74) is 1.56. The first kappa shape index (κ1) is 28.9. The van der Waals surface area contributed by atoms with Crippen molar-refractivity contribution < 1.29 is 26.0 Å². The molecule has 39 heavy (non-hydrogen) atoms. The third-order valence-corrected chi connectivity index (χ3v) is 9.75. The molecule has 2 heterocycles. The van der Waals surface area contributed by atoms with Crippen molar-refractivity contribution in [2.24, 2.45) is 5.92 Å². The lowest BCUT2D eigenvalue weighted by Gasteiger charge is -2.30. The molecule has 14 heteroatoms. The first-order valence-electron chi connectivity index (χ1n) is 12.0. The first-order valence-corrected chi connectivity index (χ1v) is 15.5. The predicted octanol–water partition coefficient (Wildman–Crippen LogP) is 3.87. The quantitative estimate of drug-likeness (QED) is 0.403. The van der Waals surface area contributed by atoms with Gasteiger partial charge >= 0.3 is 0 Å². The zero-order valence-corrected chi connectivity index (χ0v) is 23.6. The van der Waals surface area contributed by atoms with E-state index in [0.717, 1.165) is 6.07 Å². The van der Waals surface area contributed by atoms with Gasteiger partial charge in [0.1, 0.15) is 5.82 Å². The second kappa shape index (κ2) is 11.5. The fraction of sp³-hybridized carbons (Fsp3) is 0.320. The maximum atomic E-state index is 14.1. The molecular formula is C25H27ClFN5O5S2. The van der Waals surface area contributed by atoms with Crippen LogP contribution in [-0.2, 0) is 30.6 Å². The molecule has 0 spiro atoms. The van der Waals surface area contributed by atoms with Crippen LogP contribution in [0.25, 0.3) is 0 Å². The Morgan fingerprint density at radius 1 is 1.03 bits per heavy atom. The lowest BCUT2D eigenvalue weighted by molar-refractivity contribution is -0.120. The molecule has 0 unspecified atom stereocenters. The minimum Gasteiger partial charge on any atom is -0.326 e. The predicted molar refractivity (Wildman–Crippen MR) is 146 cm³/mol. The van der Waals surface area contributed by atoms with E-state index >= 15 is 0 Å². The number of carbonyl (C=O) groups is 1. The summed E-state index contributed by atoms with van der Waals surface area (Å²) >= 11 is 5.98. The molecule has 208 valence electrons. The number of hydrogen-bond acceptors (Lipinski definition) is 7. The smallest absolute Gasteiger partial charge is 0.264 e. The third kappa shape index (κ3) is 7.10. The zero-order chi connectivity index (χ0) is 28.4. The van der Waals surface area contributed by atoms with E-state index in [1.807, 2.05) is 0 Å². The molecule has 2 aromatic carbocycles. The number of hydrogen-bond donors (Lipinski definition) is 2. The largest absolute Gasteiger partial charge is 0.326 e. The van der Waals surface area contributed by atoms with Crippen LogP contribution in [0.1, 0.15) is 29.8 Å². The Morgan fingerprint density at radius 2 is 1.64 bits per heavy atom. The van der Waals surface area contributed by atoms with E-state index in [0.29, 0.717) is 17.1 Å². The fourth-order valence-corrected chi connectivity index (χ4v) is 7.11. The maximum absolute atomic E-state index is 14.1. The van der Waals surface area contributed by atoms with Gasteiger partial charge in [-0.05, 0) is 69.2 Å². The highest BCUT2D eigenvalue weighted by Gasteiger charge is 2.32. The van der Waals surface area contributed by atoms with Gasteiger partial charge in [-0.15, -0.1) is 0 Å². The van der Waals surface area contributed by atoms with Crippen LogP contribution in [0.15, 0.2) is 53.4 Å². The van der Waals surface area contributed by atoms with Crippen molar-refractivity contribution in [3.63, 3.8) is 0 Å². The van der Waals surface area contributed by atoms with E-state index in [1.165, 1.54) is 40.7 Å². The number of amides is 1. The lowest BCUT2D eigenvalue weighted by Crippen LogP contribution is -2.42. The van der Waals surface area contributed by atoms with Gasteiger partial charge in [-0.25, -0.2) is 40.2 Å². The van der Waals surface area contributed by atoms with Crippen molar-refractivity contribution in [1.29, 1.82) is 0 Å². The number of sulfonamides is 2. The topological polar surface area (TPSA) is 138 Å². The second-order valence-corrected chi connectivity index (χ2v) is 13.3. The molecule has 0 radical (unpaired) electrons. The average Bonchev–Trinajstić information content (AvgIpc) is 2.86. The van der Waals surface area contributed by atoms with Crippen LogP contribution in [-0.4, -0.2) is 50.1 Å². The summed E-state index contributed by atoms with van der Waals surface area (Å²) in [7, 11) is -7.77. The Labute approximate surface area is 231 Å². The minimum absolute atomic E-state index is 0.0308. The number of anilines is 2. The highest BCUT2D eigenvalue weighted by molar-refractivity contribution is 7.92. The van der Waals surface area contributed by atoms with E-state index in [2.05, 4.69) is 20.0 Å². The van der Waals surface area contributed by atoms with Gasteiger partial charge in [0.25, 0.3) is 10.0 Å². The summed E-state index contributed by atoms with van der Waals surface area (Å²) in [6.45, 7) is 3.68. The molecule has 1 amide bonds. The van der Waals surface area contributed by atoms with Crippen LogP contribution in [0.3, 0.4) is 0 Å². The molecule has 1 saturated heterocycles. The van der Waals surface area contributed by atoms with Crippen LogP contribution in [0.5, 0.6) is 0 Å². The number of rotatable bonds is 8. The molecule has 0 aliphatic carbocycles. The summed E-state index contributed by atoms with van der Waals surface area (Å²) in [5.74, 6) is -2.03. The number of halogens is 2. The van der Waals surface area contributed by atoms with Gasteiger partial charge in [0.2, 0.25) is 21.9 Å². The molecule has 3 aromatic rings. The van der Waals surface area contributed by atoms with Crippen LogP contribution in [0, 0.1) is 25.6 Å². The van der Waals surface area contributed by atoms with Crippen LogP contribution < -0.4 is 10.0 Å². The molecule has 0 atom stereocenters. The van der Waals surface area contributed by atoms with Gasteiger partial charge in [0.05, 0.1) is 10.6 Å². The minimum atomic E-state index is -3.94.